The molecule has 1 heterocycles. The third kappa shape index (κ3) is 5.95. The van der Waals surface area contributed by atoms with Crippen LogP contribution in [0.15, 0.2) is 72.1 Å². The van der Waals surface area contributed by atoms with Gasteiger partial charge in [0.15, 0.2) is 0 Å². The van der Waals surface area contributed by atoms with Crippen molar-refractivity contribution < 1.29 is 13.2 Å². The van der Waals surface area contributed by atoms with E-state index in [0.29, 0.717) is 22.1 Å². The second-order valence-corrected chi connectivity index (χ2v) is 9.19. The zero-order chi connectivity index (χ0) is 20.0. The first-order chi connectivity index (χ1) is 13.4. The van der Waals surface area contributed by atoms with Gasteiger partial charge in [-0.15, -0.1) is 11.3 Å². The lowest BCUT2D eigenvalue weighted by Gasteiger charge is -2.07. The van der Waals surface area contributed by atoms with E-state index < -0.39 is 10.0 Å². The van der Waals surface area contributed by atoms with Crippen LogP contribution in [0.2, 0.25) is 4.34 Å². The third-order valence-corrected chi connectivity index (χ3v) is 5.94. The van der Waals surface area contributed by atoms with Crippen molar-refractivity contribution >= 4 is 50.6 Å². The van der Waals surface area contributed by atoms with Crippen LogP contribution >= 0.6 is 22.9 Å². The Morgan fingerprint density at radius 2 is 1.71 bits per heavy atom. The monoisotopic (exact) mass is 432 g/mol. The number of hydrogen-bond acceptors (Lipinski definition) is 4. The molecule has 1 aromatic heterocycles. The lowest BCUT2D eigenvalue weighted by molar-refractivity contribution is 0.0951. The quantitative estimate of drug-likeness (QED) is 0.566. The van der Waals surface area contributed by atoms with Crippen molar-refractivity contribution in [3.8, 4) is 0 Å². The lowest BCUT2D eigenvalue weighted by atomic mass is 10.2. The van der Waals surface area contributed by atoms with Gasteiger partial charge in [0.1, 0.15) is 0 Å². The molecule has 0 aliphatic rings. The molecule has 0 spiro atoms. The van der Waals surface area contributed by atoms with Gasteiger partial charge in [-0.2, -0.15) is 0 Å². The SMILES string of the molecule is O=C(NCc1ccc(Cl)s1)c1ccc(NS(=O)(=O)/C=C/c2ccccc2)cc1. The van der Waals surface area contributed by atoms with Gasteiger partial charge < -0.3 is 5.32 Å². The Kier molecular flexibility index (Phi) is 6.51. The van der Waals surface area contributed by atoms with E-state index in [9.17, 15) is 13.2 Å². The van der Waals surface area contributed by atoms with Gasteiger partial charge >= 0.3 is 0 Å². The Morgan fingerprint density at radius 1 is 1.00 bits per heavy atom. The maximum Gasteiger partial charge on any atom is 0.255 e. The van der Waals surface area contributed by atoms with Crippen molar-refractivity contribution in [2.45, 2.75) is 6.54 Å². The van der Waals surface area contributed by atoms with Gasteiger partial charge in [-0.05, 0) is 48.0 Å². The molecule has 0 atom stereocenters. The Balaban J connectivity index is 1.58. The molecular formula is C20H17ClN2O3S2. The molecular weight excluding hydrogens is 416 g/mol. The molecule has 0 aliphatic carbocycles. The van der Waals surface area contributed by atoms with Crippen molar-refractivity contribution in [1.29, 1.82) is 0 Å². The normalized spacial score (nSPS) is 11.5. The van der Waals surface area contributed by atoms with Crippen LogP contribution in [0.1, 0.15) is 20.8 Å². The number of anilines is 1. The Morgan fingerprint density at radius 3 is 2.36 bits per heavy atom. The largest absolute Gasteiger partial charge is 0.347 e. The Labute approximate surface area is 172 Å². The number of carbonyl (C=O) groups is 1. The average molecular weight is 433 g/mol. The first-order valence-electron chi connectivity index (χ1n) is 8.30. The fourth-order valence-electron chi connectivity index (χ4n) is 2.34. The second kappa shape index (κ2) is 9.05. The first kappa shape index (κ1) is 20.1. The van der Waals surface area contributed by atoms with Gasteiger partial charge in [-0.3, -0.25) is 9.52 Å². The maximum atomic E-state index is 12.2. The van der Waals surface area contributed by atoms with E-state index in [0.717, 1.165) is 15.8 Å². The summed E-state index contributed by atoms with van der Waals surface area (Å²) in [4.78, 5) is 13.1. The van der Waals surface area contributed by atoms with Crippen LogP contribution in [0, 0.1) is 0 Å². The second-order valence-electron chi connectivity index (χ2n) is 5.83. The molecule has 1 amide bonds. The summed E-state index contributed by atoms with van der Waals surface area (Å²) in [6.45, 7) is 0.384. The fourth-order valence-corrected chi connectivity index (χ4v) is 4.23. The molecule has 3 aromatic rings. The highest BCUT2D eigenvalue weighted by molar-refractivity contribution is 7.95. The van der Waals surface area contributed by atoms with E-state index >= 15 is 0 Å². The molecule has 0 saturated carbocycles. The minimum absolute atomic E-state index is 0.247. The highest BCUT2D eigenvalue weighted by Crippen LogP contribution is 2.21. The molecule has 3 rings (SSSR count). The highest BCUT2D eigenvalue weighted by atomic mass is 35.5. The van der Waals surface area contributed by atoms with Gasteiger partial charge in [0.25, 0.3) is 15.9 Å². The standard InChI is InChI=1S/C20H17ClN2O3S2/c21-19-11-10-18(27-19)14-22-20(24)16-6-8-17(9-7-16)23-28(25,26)13-12-15-4-2-1-3-5-15/h1-13,23H,14H2,(H,22,24)/b13-12+. The Hall–Kier alpha value is -2.61. The van der Waals surface area contributed by atoms with E-state index in [1.165, 1.54) is 17.4 Å². The third-order valence-electron chi connectivity index (χ3n) is 3.70. The molecule has 0 bridgehead atoms. The van der Waals surface area contributed by atoms with Gasteiger partial charge in [0.05, 0.1) is 16.3 Å². The van der Waals surface area contributed by atoms with Gasteiger partial charge in [-0.1, -0.05) is 41.9 Å². The lowest BCUT2D eigenvalue weighted by Crippen LogP contribution is -2.22. The molecule has 144 valence electrons. The van der Waals surface area contributed by atoms with Crippen molar-refractivity contribution in [3.63, 3.8) is 0 Å². The molecule has 0 radical (unpaired) electrons. The van der Waals surface area contributed by atoms with Crippen LogP contribution in [0.5, 0.6) is 0 Å². The van der Waals surface area contributed by atoms with Gasteiger partial charge in [-0.25, -0.2) is 8.42 Å². The summed E-state index contributed by atoms with van der Waals surface area (Å²) >= 11 is 7.27. The van der Waals surface area contributed by atoms with E-state index in [2.05, 4.69) is 10.0 Å². The fraction of sp³-hybridized carbons (Fsp3) is 0.0500. The number of benzene rings is 2. The summed E-state index contributed by atoms with van der Waals surface area (Å²) in [5, 5.41) is 3.90. The summed E-state index contributed by atoms with van der Waals surface area (Å²) in [6, 6.07) is 19.0. The average Bonchev–Trinajstić information content (AvgIpc) is 3.11. The summed E-state index contributed by atoms with van der Waals surface area (Å²) < 4.78 is 27.5. The van der Waals surface area contributed by atoms with Gasteiger partial charge in [0, 0.05) is 16.1 Å². The van der Waals surface area contributed by atoms with Crippen molar-refractivity contribution in [2.24, 2.45) is 0 Å². The summed E-state index contributed by atoms with van der Waals surface area (Å²) in [6.07, 6.45) is 1.51. The van der Waals surface area contributed by atoms with Crippen LogP contribution in [0.4, 0.5) is 5.69 Å². The molecule has 0 aliphatic heterocycles. The van der Waals surface area contributed by atoms with Crippen molar-refractivity contribution in [3.05, 3.63) is 92.5 Å². The predicted molar refractivity (Wildman–Crippen MR) is 115 cm³/mol. The maximum absolute atomic E-state index is 12.2. The van der Waals surface area contributed by atoms with Crippen LogP contribution in [-0.2, 0) is 16.6 Å². The van der Waals surface area contributed by atoms with E-state index in [1.807, 2.05) is 36.4 Å². The van der Waals surface area contributed by atoms with Gasteiger partial charge in [0.2, 0.25) is 0 Å². The molecule has 28 heavy (non-hydrogen) atoms. The van der Waals surface area contributed by atoms with E-state index in [1.54, 1.807) is 30.3 Å². The molecule has 8 heteroatoms. The number of hydrogen-bond donors (Lipinski definition) is 2. The number of thiophene rings is 1. The number of carbonyl (C=O) groups excluding carboxylic acids is 1. The predicted octanol–water partition coefficient (Wildman–Crippen LogP) is 4.74. The van der Waals surface area contributed by atoms with Crippen LogP contribution in [-0.4, -0.2) is 14.3 Å². The number of rotatable bonds is 7. The number of halogens is 1. The molecule has 5 nitrogen and oxygen atoms in total. The Bertz CT molecular complexity index is 1080. The number of amides is 1. The zero-order valence-corrected chi connectivity index (χ0v) is 17.0. The topological polar surface area (TPSA) is 75.3 Å². The van der Waals surface area contributed by atoms with Crippen LogP contribution in [0.25, 0.3) is 6.08 Å². The summed E-state index contributed by atoms with van der Waals surface area (Å²) in [5.74, 6) is -0.247. The van der Waals surface area contributed by atoms with E-state index in [4.69, 9.17) is 11.6 Å². The minimum Gasteiger partial charge on any atom is -0.347 e. The van der Waals surface area contributed by atoms with Crippen LogP contribution in [0.3, 0.4) is 0 Å². The molecule has 2 N–H and O–H groups in total. The van der Waals surface area contributed by atoms with Crippen molar-refractivity contribution in [1.82, 2.24) is 5.32 Å². The van der Waals surface area contributed by atoms with E-state index in [-0.39, 0.29) is 5.91 Å². The highest BCUT2D eigenvalue weighted by Gasteiger charge is 2.09. The molecule has 0 saturated heterocycles. The minimum atomic E-state index is -3.65. The first-order valence-corrected chi connectivity index (χ1v) is 11.0. The zero-order valence-electron chi connectivity index (χ0n) is 14.6. The molecule has 0 fully saturated rings. The van der Waals surface area contributed by atoms with Crippen molar-refractivity contribution in [2.75, 3.05) is 4.72 Å². The summed E-state index contributed by atoms with van der Waals surface area (Å²) in [5.41, 5.74) is 1.59. The number of nitrogens with one attached hydrogen (secondary N) is 2. The van der Waals surface area contributed by atoms with Crippen LogP contribution < -0.4 is 10.0 Å². The smallest absolute Gasteiger partial charge is 0.255 e. The summed E-state index contributed by atoms with van der Waals surface area (Å²) in [7, 11) is -3.65. The molecule has 2 aromatic carbocycles. The number of sulfonamides is 1. The molecule has 0 unspecified atom stereocenters.